The summed E-state index contributed by atoms with van der Waals surface area (Å²) in [6.07, 6.45) is 3.07. The molecule has 0 radical (unpaired) electrons. The third kappa shape index (κ3) is 0.858. The number of rotatable bonds is 2. The zero-order valence-corrected chi connectivity index (χ0v) is 5.39. The third-order valence-corrected chi connectivity index (χ3v) is 1.76. The minimum absolute atomic E-state index is 0.375. The molecule has 1 aliphatic rings. The van der Waals surface area contributed by atoms with Crippen LogP contribution in [0, 0.1) is 0 Å². The summed E-state index contributed by atoms with van der Waals surface area (Å²) in [6, 6.07) is 0. The van der Waals surface area contributed by atoms with Gasteiger partial charge in [-0.3, -0.25) is 0 Å². The molecule has 0 aromatic heterocycles. The lowest BCUT2D eigenvalue weighted by Crippen LogP contribution is -2.39. The molecular formula is C6H12O2. The van der Waals surface area contributed by atoms with Crippen molar-refractivity contribution in [3.63, 3.8) is 0 Å². The maximum atomic E-state index is 5.06. The molecular weight excluding hydrogens is 104 g/mol. The molecule has 0 unspecified atom stereocenters. The maximum absolute atomic E-state index is 5.06. The van der Waals surface area contributed by atoms with Gasteiger partial charge >= 0.3 is 0 Å². The Morgan fingerprint density at radius 2 is 1.38 bits per heavy atom. The first-order valence-electron chi connectivity index (χ1n) is 2.94. The Labute approximate surface area is 49.8 Å². The summed E-state index contributed by atoms with van der Waals surface area (Å²) in [7, 11) is 3.46. The van der Waals surface area contributed by atoms with Gasteiger partial charge in [0.05, 0.1) is 12.2 Å². The molecule has 1 fully saturated rings. The Hall–Kier alpha value is -0.0800. The molecule has 0 heterocycles. The Bertz CT molecular complexity index is 58.9. The van der Waals surface area contributed by atoms with Crippen LogP contribution in [-0.4, -0.2) is 26.4 Å². The largest absolute Gasteiger partial charge is 0.379 e. The van der Waals surface area contributed by atoms with Gasteiger partial charge in [0.25, 0.3) is 0 Å². The summed E-state index contributed by atoms with van der Waals surface area (Å²) < 4.78 is 10.1. The van der Waals surface area contributed by atoms with E-state index in [1.54, 1.807) is 14.2 Å². The van der Waals surface area contributed by atoms with Crippen LogP contribution in [0.3, 0.4) is 0 Å². The van der Waals surface area contributed by atoms with Gasteiger partial charge in [-0.1, -0.05) is 0 Å². The second-order valence-corrected chi connectivity index (χ2v) is 2.13. The van der Waals surface area contributed by atoms with Gasteiger partial charge < -0.3 is 9.47 Å². The first-order valence-corrected chi connectivity index (χ1v) is 2.94. The summed E-state index contributed by atoms with van der Waals surface area (Å²) in [6.45, 7) is 0. The molecule has 0 spiro atoms. The first kappa shape index (κ1) is 6.05. The lowest BCUT2D eigenvalue weighted by Gasteiger charge is -2.33. The molecule has 0 aromatic carbocycles. The van der Waals surface area contributed by atoms with Gasteiger partial charge in [-0.2, -0.15) is 0 Å². The molecule has 2 nitrogen and oxygen atoms in total. The monoisotopic (exact) mass is 116 g/mol. The van der Waals surface area contributed by atoms with Crippen LogP contribution in [0.15, 0.2) is 0 Å². The molecule has 1 saturated carbocycles. The van der Waals surface area contributed by atoms with E-state index in [0.29, 0.717) is 12.2 Å². The molecule has 0 amide bonds. The SMILES string of the molecule is CO[C@@H]1CC[C@H]1OC. The quantitative estimate of drug-likeness (QED) is 0.531. The molecule has 0 aromatic rings. The Morgan fingerprint density at radius 1 is 1.00 bits per heavy atom. The molecule has 8 heavy (non-hydrogen) atoms. The molecule has 1 rings (SSSR count). The van der Waals surface area contributed by atoms with Gasteiger partial charge in [-0.15, -0.1) is 0 Å². The molecule has 1 aliphatic carbocycles. The average molecular weight is 116 g/mol. The summed E-state index contributed by atoms with van der Waals surface area (Å²) in [4.78, 5) is 0. The fraction of sp³-hybridized carbons (Fsp3) is 1.00. The Morgan fingerprint density at radius 3 is 1.50 bits per heavy atom. The number of methoxy groups -OCH3 is 2. The Kier molecular flexibility index (Phi) is 1.86. The van der Waals surface area contributed by atoms with Crippen LogP contribution >= 0.6 is 0 Å². The van der Waals surface area contributed by atoms with E-state index in [9.17, 15) is 0 Å². The fourth-order valence-electron chi connectivity index (χ4n) is 0.978. The third-order valence-electron chi connectivity index (χ3n) is 1.76. The van der Waals surface area contributed by atoms with E-state index in [0.717, 1.165) is 12.8 Å². The van der Waals surface area contributed by atoms with Crippen LogP contribution in [0.25, 0.3) is 0 Å². The highest BCUT2D eigenvalue weighted by Gasteiger charge is 2.30. The maximum Gasteiger partial charge on any atom is 0.0833 e. The zero-order valence-electron chi connectivity index (χ0n) is 5.39. The van der Waals surface area contributed by atoms with E-state index in [2.05, 4.69) is 0 Å². The van der Waals surface area contributed by atoms with Gasteiger partial charge in [0.15, 0.2) is 0 Å². The number of ether oxygens (including phenoxy) is 2. The summed E-state index contributed by atoms with van der Waals surface area (Å²) in [5.41, 5.74) is 0. The number of hydrogen-bond acceptors (Lipinski definition) is 2. The fourth-order valence-corrected chi connectivity index (χ4v) is 0.978. The van der Waals surface area contributed by atoms with Gasteiger partial charge in [-0.25, -0.2) is 0 Å². The van der Waals surface area contributed by atoms with Crippen molar-refractivity contribution in [2.45, 2.75) is 25.0 Å². The van der Waals surface area contributed by atoms with Crippen molar-refractivity contribution in [3.8, 4) is 0 Å². The minimum Gasteiger partial charge on any atom is -0.379 e. The van der Waals surface area contributed by atoms with Crippen molar-refractivity contribution in [2.75, 3.05) is 14.2 Å². The van der Waals surface area contributed by atoms with Gasteiger partial charge in [0, 0.05) is 14.2 Å². The van der Waals surface area contributed by atoms with Crippen LogP contribution in [0.2, 0.25) is 0 Å². The molecule has 2 atom stereocenters. The first-order chi connectivity index (χ1) is 3.88. The molecule has 48 valence electrons. The highest BCUT2D eigenvalue weighted by molar-refractivity contribution is 4.81. The van der Waals surface area contributed by atoms with E-state index in [4.69, 9.17) is 9.47 Å². The summed E-state index contributed by atoms with van der Waals surface area (Å²) in [5, 5.41) is 0. The predicted octanol–water partition coefficient (Wildman–Crippen LogP) is 0.810. The van der Waals surface area contributed by atoms with Crippen LogP contribution in [0.1, 0.15) is 12.8 Å². The summed E-state index contributed by atoms with van der Waals surface area (Å²) >= 11 is 0. The number of hydrogen-bond donors (Lipinski definition) is 0. The van der Waals surface area contributed by atoms with E-state index in [-0.39, 0.29) is 0 Å². The van der Waals surface area contributed by atoms with Crippen molar-refractivity contribution in [2.24, 2.45) is 0 Å². The van der Waals surface area contributed by atoms with Crippen LogP contribution < -0.4 is 0 Å². The van der Waals surface area contributed by atoms with Crippen molar-refractivity contribution < 1.29 is 9.47 Å². The van der Waals surface area contributed by atoms with Crippen molar-refractivity contribution >= 4 is 0 Å². The van der Waals surface area contributed by atoms with Crippen LogP contribution in [-0.2, 0) is 9.47 Å². The second kappa shape index (κ2) is 2.46. The normalized spacial score (nSPS) is 36.8. The van der Waals surface area contributed by atoms with Crippen molar-refractivity contribution in [1.29, 1.82) is 0 Å². The molecule has 2 heteroatoms. The predicted molar refractivity (Wildman–Crippen MR) is 30.8 cm³/mol. The molecule has 0 bridgehead atoms. The lowest BCUT2D eigenvalue weighted by atomic mass is 9.92. The van der Waals surface area contributed by atoms with Crippen molar-refractivity contribution in [1.82, 2.24) is 0 Å². The second-order valence-electron chi connectivity index (χ2n) is 2.13. The van der Waals surface area contributed by atoms with E-state index < -0.39 is 0 Å². The van der Waals surface area contributed by atoms with Gasteiger partial charge in [-0.05, 0) is 12.8 Å². The molecule has 0 N–H and O–H groups in total. The van der Waals surface area contributed by atoms with Crippen LogP contribution in [0.4, 0.5) is 0 Å². The highest BCUT2D eigenvalue weighted by Crippen LogP contribution is 2.24. The average Bonchev–Trinajstić information content (AvgIpc) is 1.66. The highest BCUT2D eigenvalue weighted by atomic mass is 16.5. The lowest BCUT2D eigenvalue weighted by molar-refractivity contribution is -0.0961. The minimum atomic E-state index is 0.375. The van der Waals surface area contributed by atoms with E-state index in [1.807, 2.05) is 0 Å². The smallest absolute Gasteiger partial charge is 0.0833 e. The van der Waals surface area contributed by atoms with Gasteiger partial charge in [0.1, 0.15) is 0 Å². The topological polar surface area (TPSA) is 18.5 Å². The zero-order chi connectivity index (χ0) is 5.98. The molecule has 0 aliphatic heterocycles. The van der Waals surface area contributed by atoms with Crippen molar-refractivity contribution in [3.05, 3.63) is 0 Å². The standard InChI is InChI=1S/C6H12O2/c1-7-5-3-4-6(5)8-2/h5-6H,3-4H2,1-2H3/t5-,6-/m1/s1. The molecule has 0 saturated heterocycles. The van der Waals surface area contributed by atoms with Gasteiger partial charge in [0.2, 0.25) is 0 Å². The Balaban J connectivity index is 2.16. The van der Waals surface area contributed by atoms with E-state index >= 15 is 0 Å². The summed E-state index contributed by atoms with van der Waals surface area (Å²) in [5.74, 6) is 0. The van der Waals surface area contributed by atoms with E-state index in [1.165, 1.54) is 0 Å². The van der Waals surface area contributed by atoms with Crippen LogP contribution in [0.5, 0.6) is 0 Å².